The lowest BCUT2D eigenvalue weighted by Crippen LogP contribution is -2.37. The molecule has 0 saturated carbocycles. The van der Waals surface area contributed by atoms with E-state index in [1.807, 2.05) is 33.4 Å². The average Bonchev–Trinajstić information content (AvgIpc) is 3.03. The van der Waals surface area contributed by atoms with E-state index in [4.69, 9.17) is 0 Å². The van der Waals surface area contributed by atoms with Gasteiger partial charge in [0, 0.05) is 32.6 Å². The summed E-state index contributed by atoms with van der Waals surface area (Å²) in [5.41, 5.74) is 2.43. The van der Waals surface area contributed by atoms with Gasteiger partial charge in [0.25, 0.3) is 5.91 Å². The minimum Gasteiger partial charge on any atom is -0.341 e. The maximum Gasteiger partial charge on any atom is 0.263 e. The zero-order chi connectivity index (χ0) is 17.6. The summed E-state index contributed by atoms with van der Waals surface area (Å²) in [7, 11) is 0. The highest BCUT2D eigenvalue weighted by molar-refractivity contribution is 7.12. The van der Waals surface area contributed by atoms with E-state index in [1.54, 1.807) is 0 Å². The average molecular weight is 356 g/mol. The molecule has 0 radical (unpaired) electrons. The molecule has 2 amide bonds. The Morgan fingerprint density at radius 1 is 1.04 bits per heavy atom. The maximum atomic E-state index is 12.5. The van der Waals surface area contributed by atoms with Gasteiger partial charge in [-0.3, -0.25) is 9.59 Å². The highest BCUT2D eigenvalue weighted by atomic mass is 32.1. The lowest BCUT2D eigenvalue weighted by molar-refractivity contribution is -0.131. The van der Waals surface area contributed by atoms with E-state index in [0.717, 1.165) is 30.8 Å². The summed E-state index contributed by atoms with van der Waals surface area (Å²) < 4.78 is 0. The minimum atomic E-state index is 0.0871. The third-order valence-electron chi connectivity index (χ3n) is 4.58. The van der Waals surface area contributed by atoms with Gasteiger partial charge in [-0.15, -0.1) is 11.3 Å². The Labute approximate surface area is 153 Å². The Morgan fingerprint density at radius 2 is 1.84 bits per heavy atom. The van der Waals surface area contributed by atoms with Crippen molar-refractivity contribution in [2.45, 2.75) is 26.2 Å². The molecule has 1 saturated heterocycles. The van der Waals surface area contributed by atoms with Crippen LogP contribution in [-0.2, 0) is 11.2 Å². The van der Waals surface area contributed by atoms with E-state index in [9.17, 15) is 9.59 Å². The van der Waals surface area contributed by atoms with Crippen LogP contribution in [0.25, 0.3) is 0 Å². The number of benzene rings is 1. The van der Waals surface area contributed by atoms with Gasteiger partial charge in [0.05, 0.1) is 4.88 Å². The molecule has 132 valence electrons. The monoisotopic (exact) mass is 356 g/mol. The molecule has 1 fully saturated rings. The lowest BCUT2D eigenvalue weighted by atomic mass is 10.1. The van der Waals surface area contributed by atoms with Crippen molar-refractivity contribution in [3.63, 3.8) is 0 Å². The molecule has 4 nitrogen and oxygen atoms in total. The van der Waals surface area contributed by atoms with E-state index in [1.165, 1.54) is 22.5 Å². The van der Waals surface area contributed by atoms with Crippen LogP contribution < -0.4 is 0 Å². The van der Waals surface area contributed by atoms with Crippen LogP contribution in [-0.4, -0.2) is 47.8 Å². The van der Waals surface area contributed by atoms with E-state index in [-0.39, 0.29) is 11.8 Å². The Kier molecular flexibility index (Phi) is 5.87. The first kappa shape index (κ1) is 17.7. The molecule has 1 aromatic heterocycles. The fourth-order valence-electron chi connectivity index (χ4n) is 3.20. The first-order valence-corrected chi connectivity index (χ1v) is 9.67. The molecule has 3 rings (SSSR count). The Bertz CT molecular complexity index is 727. The highest BCUT2D eigenvalue weighted by Crippen LogP contribution is 2.15. The molecule has 2 aromatic rings. The Morgan fingerprint density at radius 3 is 2.60 bits per heavy atom. The number of rotatable bonds is 4. The molecule has 0 N–H and O–H groups in total. The molecular formula is C20H24N2O2S. The predicted octanol–water partition coefficient (Wildman–Crippen LogP) is 3.36. The molecule has 5 heteroatoms. The summed E-state index contributed by atoms with van der Waals surface area (Å²) in [6.07, 6.45) is 2.14. The summed E-state index contributed by atoms with van der Waals surface area (Å²) in [4.78, 5) is 29.6. The lowest BCUT2D eigenvalue weighted by Gasteiger charge is -2.22. The van der Waals surface area contributed by atoms with Crippen LogP contribution in [0, 0.1) is 6.92 Å². The van der Waals surface area contributed by atoms with Gasteiger partial charge < -0.3 is 9.80 Å². The van der Waals surface area contributed by atoms with Gasteiger partial charge in [0.1, 0.15) is 0 Å². The highest BCUT2D eigenvalue weighted by Gasteiger charge is 2.23. The van der Waals surface area contributed by atoms with Gasteiger partial charge in [-0.05, 0) is 36.8 Å². The van der Waals surface area contributed by atoms with Crippen LogP contribution in [0.3, 0.4) is 0 Å². The van der Waals surface area contributed by atoms with Crippen molar-refractivity contribution >= 4 is 23.2 Å². The first-order valence-electron chi connectivity index (χ1n) is 8.79. The number of thiophene rings is 1. The van der Waals surface area contributed by atoms with E-state index in [2.05, 4.69) is 25.1 Å². The zero-order valence-corrected chi connectivity index (χ0v) is 15.4. The van der Waals surface area contributed by atoms with Gasteiger partial charge in [-0.2, -0.15) is 0 Å². The second-order valence-corrected chi connectivity index (χ2v) is 7.44. The topological polar surface area (TPSA) is 40.6 Å². The molecule has 0 unspecified atom stereocenters. The van der Waals surface area contributed by atoms with Gasteiger partial charge in [-0.1, -0.05) is 35.9 Å². The van der Waals surface area contributed by atoms with Crippen LogP contribution in [0.1, 0.15) is 33.6 Å². The molecule has 1 aromatic carbocycles. The zero-order valence-electron chi connectivity index (χ0n) is 14.6. The molecule has 0 spiro atoms. The molecular weight excluding hydrogens is 332 g/mol. The molecule has 25 heavy (non-hydrogen) atoms. The van der Waals surface area contributed by atoms with Crippen molar-refractivity contribution in [2.75, 3.05) is 26.2 Å². The van der Waals surface area contributed by atoms with E-state index >= 15 is 0 Å². The molecule has 0 atom stereocenters. The van der Waals surface area contributed by atoms with Crippen molar-refractivity contribution < 1.29 is 9.59 Å². The van der Waals surface area contributed by atoms with Crippen LogP contribution in [0.4, 0.5) is 0 Å². The first-order chi connectivity index (χ1) is 12.1. The normalized spacial score (nSPS) is 15.1. The van der Waals surface area contributed by atoms with E-state index < -0.39 is 0 Å². The number of nitrogens with zero attached hydrogens (tertiary/aromatic N) is 2. The molecule has 0 bridgehead atoms. The second-order valence-electron chi connectivity index (χ2n) is 6.49. The number of amides is 2. The van der Waals surface area contributed by atoms with Crippen LogP contribution in [0.5, 0.6) is 0 Å². The fraction of sp³-hybridized carbons (Fsp3) is 0.400. The molecule has 2 heterocycles. The number of hydrogen-bond acceptors (Lipinski definition) is 3. The standard InChI is InChI=1S/C20H24N2O2S/c1-16-5-2-6-17(15-16)8-9-19(23)21-10-4-11-22(13-12-21)20(24)18-7-3-14-25-18/h2-3,5-7,14-15H,4,8-13H2,1H3. The van der Waals surface area contributed by atoms with Crippen molar-refractivity contribution in [2.24, 2.45) is 0 Å². The second kappa shape index (κ2) is 8.30. The largest absolute Gasteiger partial charge is 0.341 e. The summed E-state index contributed by atoms with van der Waals surface area (Å²) in [5, 5.41) is 1.92. The van der Waals surface area contributed by atoms with Crippen molar-refractivity contribution in [1.29, 1.82) is 0 Å². The van der Waals surface area contributed by atoms with Gasteiger partial charge >= 0.3 is 0 Å². The van der Waals surface area contributed by atoms with Crippen molar-refractivity contribution in [3.05, 3.63) is 57.8 Å². The summed E-state index contributed by atoms with van der Waals surface area (Å²) in [6.45, 7) is 4.77. The van der Waals surface area contributed by atoms with Crippen molar-refractivity contribution in [1.82, 2.24) is 9.80 Å². The summed E-state index contributed by atoms with van der Waals surface area (Å²) in [6, 6.07) is 12.1. The Balaban J connectivity index is 1.52. The van der Waals surface area contributed by atoms with Crippen molar-refractivity contribution in [3.8, 4) is 0 Å². The number of hydrogen-bond donors (Lipinski definition) is 0. The quantitative estimate of drug-likeness (QED) is 0.843. The van der Waals surface area contributed by atoms with Gasteiger partial charge in [-0.25, -0.2) is 0 Å². The minimum absolute atomic E-state index is 0.0871. The molecule has 1 aliphatic heterocycles. The summed E-state index contributed by atoms with van der Waals surface area (Å²) in [5.74, 6) is 0.274. The fourth-order valence-corrected chi connectivity index (χ4v) is 3.89. The SMILES string of the molecule is Cc1cccc(CCC(=O)N2CCCN(C(=O)c3cccs3)CC2)c1. The van der Waals surface area contributed by atoms with Gasteiger partial charge in [0.15, 0.2) is 0 Å². The number of carbonyl (C=O) groups is 2. The van der Waals surface area contributed by atoms with Crippen LogP contribution in [0.2, 0.25) is 0 Å². The maximum absolute atomic E-state index is 12.5. The van der Waals surface area contributed by atoms with Crippen LogP contribution in [0.15, 0.2) is 41.8 Å². The Hall–Kier alpha value is -2.14. The van der Waals surface area contributed by atoms with Crippen LogP contribution >= 0.6 is 11.3 Å². The smallest absolute Gasteiger partial charge is 0.263 e. The third kappa shape index (κ3) is 4.69. The third-order valence-corrected chi connectivity index (χ3v) is 5.44. The predicted molar refractivity (Wildman–Crippen MR) is 101 cm³/mol. The van der Waals surface area contributed by atoms with E-state index in [0.29, 0.717) is 19.5 Å². The summed E-state index contributed by atoms with van der Waals surface area (Å²) >= 11 is 1.47. The molecule has 1 aliphatic rings. The van der Waals surface area contributed by atoms with Gasteiger partial charge in [0.2, 0.25) is 5.91 Å². The number of carbonyl (C=O) groups excluding carboxylic acids is 2. The number of aryl methyl sites for hydroxylation is 2. The molecule has 0 aliphatic carbocycles.